The zero-order valence-electron chi connectivity index (χ0n) is 13.0. The van der Waals surface area contributed by atoms with E-state index in [1.54, 1.807) is 0 Å². The van der Waals surface area contributed by atoms with Crippen LogP contribution >= 0.6 is 0 Å². The minimum absolute atomic E-state index is 0.213. The fraction of sp³-hybridized carbons (Fsp3) is 0.647. The lowest BCUT2D eigenvalue weighted by Gasteiger charge is -2.25. The highest BCUT2D eigenvalue weighted by atomic mass is 16.5. The summed E-state index contributed by atoms with van der Waals surface area (Å²) in [5.41, 5.74) is 3.79. The van der Waals surface area contributed by atoms with Crippen LogP contribution in [0.3, 0.4) is 0 Å². The third-order valence-electron chi connectivity index (χ3n) is 3.68. The molecule has 1 aromatic rings. The lowest BCUT2D eigenvalue weighted by molar-refractivity contribution is 0.00687. The number of nitrogens with one attached hydrogen (secondary N) is 1. The average molecular weight is 277 g/mol. The highest BCUT2D eigenvalue weighted by Gasteiger charge is 2.17. The molecular formula is C17H27NO2. The van der Waals surface area contributed by atoms with E-state index in [1.807, 2.05) is 0 Å². The Kier molecular flexibility index (Phi) is 5.86. The van der Waals surface area contributed by atoms with E-state index in [1.165, 1.54) is 23.1 Å². The Labute approximate surface area is 122 Å². The summed E-state index contributed by atoms with van der Waals surface area (Å²) in [4.78, 5) is 0. The molecule has 1 fully saturated rings. The van der Waals surface area contributed by atoms with Gasteiger partial charge in [-0.3, -0.25) is 0 Å². The summed E-state index contributed by atoms with van der Waals surface area (Å²) in [5, 5.41) is 3.45. The predicted octanol–water partition coefficient (Wildman–Crippen LogP) is 3.36. The Morgan fingerprint density at radius 2 is 2.05 bits per heavy atom. The number of aryl methyl sites for hydroxylation is 2. The van der Waals surface area contributed by atoms with Gasteiger partial charge in [0.1, 0.15) is 11.9 Å². The molecule has 0 bridgehead atoms. The van der Waals surface area contributed by atoms with Crippen molar-refractivity contribution in [2.75, 3.05) is 19.8 Å². The van der Waals surface area contributed by atoms with E-state index in [9.17, 15) is 0 Å². The van der Waals surface area contributed by atoms with Crippen LogP contribution in [0.25, 0.3) is 0 Å². The van der Waals surface area contributed by atoms with E-state index in [4.69, 9.17) is 9.47 Å². The predicted molar refractivity (Wildman–Crippen MR) is 82.4 cm³/mol. The Morgan fingerprint density at radius 3 is 2.65 bits per heavy atom. The second-order valence-corrected chi connectivity index (χ2v) is 5.69. The zero-order chi connectivity index (χ0) is 14.4. The van der Waals surface area contributed by atoms with E-state index in [-0.39, 0.29) is 6.10 Å². The van der Waals surface area contributed by atoms with Gasteiger partial charge in [0, 0.05) is 13.2 Å². The molecule has 1 aliphatic rings. The van der Waals surface area contributed by atoms with Gasteiger partial charge < -0.3 is 14.8 Å². The summed E-state index contributed by atoms with van der Waals surface area (Å²) < 4.78 is 11.6. The second kappa shape index (κ2) is 7.65. The van der Waals surface area contributed by atoms with Gasteiger partial charge in [-0.1, -0.05) is 19.1 Å². The molecule has 0 amide bonds. The number of hydrogen-bond donors (Lipinski definition) is 1. The molecule has 1 atom stereocenters. The Balaban J connectivity index is 2.01. The van der Waals surface area contributed by atoms with E-state index < -0.39 is 0 Å². The number of benzene rings is 1. The van der Waals surface area contributed by atoms with Crippen LogP contribution in [0, 0.1) is 13.8 Å². The largest absolute Gasteiger partial charge is 0.487 e. The first-order chi connectivity index (χ1) is 9.70. The van der Waals surface area contributed by atoms with Crippen molar-refractivity contribution in [2.45, 2.75) is 52.7 Å². The van der Waals surface area contributed by atoms with Gasteiger partial charge in [-0.05, 0) is 56.3 Å². The molecule has 0 saturated carbocycles. The van der Waals surface area contributed by atoms with E-state index >= 15 is 0 Å². The molecule has 1 aliphatic heterocycles. The highest BCUT2D eigenvalue weighted by molar-refractivity contribution is 5.43. The molecule has 1 saturated heterocycles. The monoisotopic (exact) mass is 277 g/mol. The molecule has 112 valence electrons. The molecular weight excluding hydrogens is 250 g/mol. The molecule has 3 heteroatoms. The van der Waals surface area contributed by atoms with Crippen molar-refractivity contribution < 1.29 is 9.47 Å². The normalized spacial score (nSPS) is 19.1. The fourth-order valence-corrected chi connectivity index (χ4v) is 2.71. The average Bonchev–Trinajstić information content (AvgIpc) is 2.44. The van der Waals surface area contributed by atoms with Gasteiger partial charge in [-0.25, -0.2) is 0 Å². The van der Waals surface area contributed by atoms with Crippen molar-refractivity contribution in [3.8, 4) is 5.75 Å². The molecule has 0 aromatic heterocycles. The van der Waals surface area contributed by atoms with Crippen LogP contribution in [0.2, 0.25) is 0 Å². The van der Waals surface area contributed by atoms with Gasteiger partial charge in [-0.2, -0.15) is 0 Å². The quantitative estimate of drug-likeness (QED) is 0.809. The lowest BCUT2D eigenvalue weighted by Crippen LogP contribution is -2.28. The minimum atomic E-state index is 0.213. The summed E-state index contributed by atoms with van der Waals surface area (Å²) in [6, 6.07) is 4.46. The third-order valence-corrected chi connectivity index (χ3v) is 3.68. The Bertz CT molecular complexity index is 402. The van der Waals surface area contributed by atoms with Crippen molar-refractivity contribution in [1.29, 1.82) is 0 Å². The summed E-state index contributed by atoms with van der Waals surface area (Å²) in [6.07, 6.45) is 3.58. The summed E-state index contributed by atoms with van der Waals surface area (Å²) >= 11 is 0. The number of rotatable bonds is 6. The fourth-order valence-electron chi connectivity index (χ4n) is 2.71. The molecule has 1 unspecified atom stereocenters. The number of hydrogen-bond acceptors (Lipinski definition) is 3. The van der Waals surface area contributed by atoms with Gasteiger partial charge >= 0.3 is 0 Å². The van der Waals surface area contributed by atoms with Crippen LogP contribution in [0.5, 0.6) is 5.75 Å². The van der Waals surface area contributed by atoms with E-state index in [0.717, 1.165) is 44.9 Å². The molecule has 0 spiro atoms. The van der Waals surface area contributed by atoms with Gasteiger partial charge in [0.25, 0.3) is 0 Å². The molecule has 1 N–H and O–H groups in total. The van der Waals surface area contributed by atoms with Crippen molar-refractivity contribution in [1.82, 2.24) is 5.32 Å². The van der Waals surface area contributed by atoms with Crippen molar-refractivity contribution >= 4 is 0 Å². The zero-order valence-corrected chi connectivity index (χ0v) is 13.0. The van der Waals surface area contributed by atoms with Gasteiger partial charge in [0.05, 0.1) is 6.61 Å². The topological polar surface area (TPSA) is 30.5 Å². The molecule has 0 aliphatic carbocycles. The first-order valence-electron chi connectivity index (χ1n) is 7.76. The van der Waals surface area contributed by atoms with Crippen molar-refractivity contribution in [2.24, 2.45) is 0 Å². The van der Waals surface area contributed by atoms with Gasteiger partial charge in [-0.15, -0.1) is 0 Å². The van der Waals surface area contributed by atoms with E-state index in [2.05, 4.69) is 38.2 Å². The Hall–Kier alpha value is -1.06. The third kappa shape index (κ3) is 4.22. The molecule has 20 heavy (non-hydrogen) atoms. The molecule has 0 radical (unpaired) electrons. The maximum Gasteiger partial charge on any atom is 0.125 e. The highest BCUT2D eigenvalue weighted by Crippen LogP contribution is 2.27. The van der Waals surface area contributed by atoms with Crippen LogP contribution < -0.4 is 10.1 Å². The second-order valence-electron chi connectivity index (χ2n) is 5.69. The van der Waals surface area contributed by atoms with Crippen LogP contribution in [-0.4, -0.2) is 25.9 Å². The van der Waals surface area contributed by atoms with Gasteiger partial charge in [0.15, 0.2) is 0 Å². The Morgan fingerprint density at radius 1 is 1.30 bits per heavy atom. The molecule has 1 heterocycles. The maximum atomic E-state index is 6.15. The first kappa shape index (κ1) is 15.3. The summed E-state index contributed by atoms with van der Waals surface area (Å²) in [5.74, 6) is 1.04. The van der Waals surface area contributed by atoms with Crippen molar-refractivity contribution in [3.05, 3.63) is 28.8 Å². The maximum absolute atomic E-state index is 6.15. The van der Waals surface area contributed by atoms with Crippen LogP contribution in [0.15, 0.2) is 12.1 Å². The van der Waals surface area contributed by atoms with Gasteiger partial charge in [0.2, 0.25) is 0 Å². The summed E-state index contributed by atoms with van der Waals surface area (Å²) in [7, 11) is 0. The minimum Gasteiger partial charge on any atom is -0.487 e. The lowest BCUT2D eigenvalue weighted by atomic mass is 10.0. The standard InChI is InChI=1S/C17H27NO2/c1-4-7-18-11-15-9-13(2)17(14(3)10-15)20-16-6-5-8-19-12-16/h9-10,16,18H,4-8,11-12H2,1-3H3. The molecule has 2 rings (SSSR count). The van der Waals surface area contributed by atoms with Crippen molar-refractivity contribution in [3.63, 3.8) is 0 Å². The van der Waals surface area contributed by atoms with E-state index in [0.29, 0.717) is 0 Å². The SMILES string of the molecule is CCCNCc1cc(C)c(OC2CCCOC2)c(C)c1. The molecule has 1 aromatic carbocycles. The first-order valence-corrected chi connectivity index (χ1v) is 7.76. The van der Waals surface area contributed by atoms with Crippen LogP contribution in [0.4, 0.5) is 0 Å². The number of ether oxygens (including phenoxy) is 2. The molecule has 3 nitrogen and oxygen atoms in total. The summed E-state index contributed by atoms with van der Waals surface area (Å²) in [6.45, 7) is 10.0. The van der Waals surface area contributed by atoms with Crippen LogP contribution in [-0.2, 0) is 11.3 Å². The van der Waals surface area contributed by atoms with Crippen LogP contribution in [0.1, 0.15) is 42.9 Å². The smallest absolute Gasteiger partial charge is 0.125 e.